The van der Waals surface area contributed by atoms with Crippen molar-refractivity contribution < 1.29 is 4.74 Å². The molecule has 0 aliphatic heterocycles. The Balaban J connectivity index is 0.000000178. The SMILES string of the molecule is CCC(C)(CC)c1cc(C(C)(C)C)c(C)c2ccccc12.COc1cc(C(C)(C)C)c(C)c2ccccc12.Cc1c(C(C)(C)C)cc(C(C)(C)C)c2ccccc12.Cc1c(C(C)(C)C)cc(C(C)C)c2ccccc12.Cc1c(C(C)(C)C)ccc2ccccc12.Cc1cc(C(C)(C)C)c(C)c2ccccc12. The number of hydrogen-bond acceptors (Lipinski definition) is 1. The molecule has 106 heavy (non-hydrogen) atoms. The molecular formula is C105H138O. The van der Waals surface area contributed by atoms with Crippen LogP contribution in [0, 0.1) is 48.5 Å². The minimum absolute atomic E-state index is 0.140. The van der Waals surface area contributed by atoms with Crippen LogP contribution >= 0.6 is 0 Å². The first-order chi connectivity index (χ1) is 49.0. The summed E-state index contributed by atoms with van der Waals surface area (Å²) >= 11 is 0. The highest BCUT2D eigenvalue weighted by Gasteiger charge is 2.30. The van der Waals surface area contributed by atoms with Gasteiger partial charge in [-0.05, 0) is 265 Å². The molecule has 12 rings (SSSR count). The molecule has 0 heterocycles. The Bertz CT molecular complexity index is 5020. The molecule has 12 aromatic rings. The van der Waals surface area contributed by atoms with Crippen molar-refractivity contribution in [1.82, 2.24) is 0 Å². The summed E-state index contributed by atoms with van der Waals surface area (Å²) in [5.41, 5.74) is 24.6. The maximum Gasteiger partial charge on any atom is 0.126 e. The van der Waals surface area contributed by atoms with Crippen LogP contribution in [0.5, 0.6) is 5.75 Å². The molecule has 0 radical (unpaired) electrons. The van der Waals surface area contributed by atoms with Crippen molar-refractivity contribution >= 4 is 64.6 Å². The maximum atomic E-state index is 5.52. The van der Waals surface area contributed by atoms with Crippen molar-refractivity contribution in [2.75, 3.05) is 7.11 Å². The Labute approximate surface area is 645 Å². The van der Waals surface area contributed by atoms with Crippen LogP contribution in [0.3, 0.4) is 0 Å². The van der Waals surface area contributed by atoms with Gasteiger partial charge >= 0.3 is 0 Å². The van der Waals surface area contributed by atoms with Crippen LogP contribution in [0.2, 0.25) is 0 Å². The third-order valence-corrected chi connectivity index (χ3v) is 22.7. The summed E-state index contributed by atoms with van der Waals surface area (Å²) in [6.45, 7) is 75.3. The van der Waals surface area contributed by atoms with Crippen LogP contribution in [0.4, 0.5) is 0 Å². The lowest BCUT2D eigenvalue weighted by Gasteiger charge is -2.32. The van der Waals surface area contributed by atoms with E-state index in [9.17, 15) is 0 Å². The van der Waals surface area contributed by atoms with E-state index < -0.39 is 0 Å². The average Bonchev–Trinajstić information content (AvgIpc) is 0.581. The summed E-state index contributed by atoms with van der Waals surface area (Å²) < 4.78 is 5.52. The first-order valence-corrected chi connectivity index (χ1v) is 39.7. The fourth-order valence-electron chi connectivity index (χ4n) is 16.3. The van der Waals surface area contributed by atoms with Crippen molar-refractivity contribution in [1.29, 1.82) is 0 Å². The van der Waals surface area contributed by atoms with E-state index >= 15 is 0 Å². The molecule has 0 fully saturated rings. The summed E-state index contributed by atoms with van der Waals surface area (Å²) in [6.07, 6.45) is 2.36. The number of rotatable bonds is 5. The maximum absolute atomic E-state index is 5.52. The molecule has 0 spiro atoms. The number of methoxy groups -OCH3 is 1. The number of fused-ring (bicyclic) bond motifs is 6. The Morgan fingerprint density at radius 2 is 0.528 bits per heavy atom. The van der Waals surface area contributed by atoms with Gasteiger partial charge in [0.05, 0.1) is 7.11 Å². The van der Waals surface area contributed by atoms with Crippen molar-refractivity contribution in [2.45, 2.75) is 291 Å². The standard InChI is InChI=1S/C21H30.C19H26.C18H24.C16H20O.C16H20.C15H18/c1-8-21(7,9-2)19-14-18(20(4,5)6)15(3)16-12-10-11-13-17(16)19;1-13-14-10-8-9-11-15(14)17(19(5,6)7)12-16(13)18(2,3)4;1-12(2)16-11-17(18(4,5)6)13(3)14-9-7-8-10-15(14)16;1-11-12-8-6-7-9-13(12)15(17-5)10-14(11)16(2,3)4;1-11-10-15(16(3,4)5)12(2)14-9-7-6-8-13(11)14;1-11-13-8-6-5-7-12(13)9-10-14(11)15(2,3)4/h10-14H,8-9H2,1-7H3;8-12H,1-7H3;7-12H,1-6H3;6-10H,1-5H3;6-10H,1-5H3;5-10H,1-4H3. The predicted octanol–water partition coefficient (Wildman–Crippen LogP) is 31.5. The predicted molar refractivity (Wildman–Crippen MR) is 476 cm³/mol. The summed E-state index contributed by atoms with van der Waals surface area (Å²) in [5, 5.41) is 16.5. The molecule has 0 saturated heterocycles. The van der Waals surface area contributed by atoms with Crippen molar-refractivity contribution in [3.63, 3.8) is 0 Å². The fraction of sp³-hybridized carbons (Fsp3) is 0.429. The van der Waals surface area contributed by atoms with Crippen LogP contribution in [0.25, 0.3) is 64.6 Å². The first-order valence-electron chi connectivity index (χ1n) is 39.7. The van der Waals surface area contributed by atoms with E-state index in [4.69, 9.17) is 4.74 Å². The zero-order chi connectivity index (χ0) is 79.4. The molecule has 0 amide bonds. The second-order valence-corrected chi connectivity index (χ2v) is 38.3. The Morgan fingerprint density at radius 3 is 0.906 bits per heavy atom. The van der Waals surface area contributed by atoms with Gasteiger partial charge in [-0.2, -0.15) is 0 Å². The smallest absolute Gasteiger partial charge is 0.126 e. The third kappa shape index (κ3) is 19.5. The second-order valence-electron chi connectivity index (χ2n) is 38.3. The highest BCUT2D eigenvalue weighted by molar-refractivity contribution is 5.95. The van der Waals surface area contributed by atoms with Gasteiger partial charge in [-0.1, -0.05) is 362 Å². The second kappa shape index (κ2) is 33.2. The van der Waals surface area contributed by atoms with Gasteiger partial charge in [0.2, 0.25) is 0 Å². The lowest BCUT2D eigenvalue weighted by Crippen LogP contribution is -2.22. The monoisotopic (exact) mass is 1420 g/mol. The quantitative estimate of drug-likeness (QED) is 0.167. The molecule has 0 bridgehead atoms. The van der Waals surface area contributed by atoms with Gasteiger partial charge in [0.1, 0.15) is 5.75 Å². The van der Waals surface area contributed by atoms with E-state index in [1.54, 1.807) is 7.11 Å². The summed E-state index contributed by atoms with van der Waals surface area (Å²) in [5.74, 6) is 1.53. The number of hydrogen-bond donors (Lipinski definition) is 0. The van der Waals surface area contributed by atoms with Crippen LogP contribution in [0.15, 0.2) is 188 Å². The highest BCUT2D eigenvalue weighted by atomic mass is 16.5. The molecule has 12 aromatic carbocycles. The Kier molecular flexibility index (Phi) is 26.7. The van der Waals surface area contributed by atoms with Gasteiger partial charge in [-0.15, -0.1) is 0 Å². The van der Waals surface area contributed by atoms with E-state index in [0.717, 1.165) is 5.75 Å². The van der Waals surface area contributed by atoms with Crippen LogP contribution in [-0.4, -0.2) is 7.11 Å². The molecule has 0 N–H and O–H groups in total. The molecule has 0 atom stereocenters. The molecule has 1 heteroatoms. The molecule has 0 unspecified atom stereocenters. The molecular weight excluding hydrogens is 1280 g/mol. The molecule has 0 aromatic heterocycles. The Hall–Kier alpha value is -8.00. The molecule has 1 nitrogen and oxygen atoms in total. The van der Waals surface area contributed by atoms with Gasteiger partial charge < -0.3 is 4.74 Å². The van der Waals surface area contributed by atoms with Gasteiger partial charge in [-0.25, -0.2) is 0 Å². The van der Waals surface area contributed by atoms with E-state index in [-0.39, 0.29) is 43.3 Å². The van der Waals surface area contributed by atoms with Crippen LogP contribution < -0.4 is 4.74 Å². The van der Waals surface area contributed by atoms with Crippen LogP contribution in [-0.2, 0) is 43.3 Å². The third-order valence-electron chi connectivity index (χ3n) is 22.7. The number of aryl methyl sites for hydroxylation is 7. The van der Waals surface area contributed by atoms with Crippen LogP contribution in [0.1, 0.15) is 288 Å². The zero-order valence-corrected chi connectivity index (χ0v) is 72.8. The van der Waals surface area contributed by atoms with Gasteiger partial charge in [0.25, 0.3) is 0 Å². The van der Waals surface area contributed by atoms with Gasteiger partial charge in [-0.3, -0.25) is 0 Å². The lowest BCUT2D eigenvalue weighted by molar-refractivity contribution is 0.417. The minimum Gasteiger partial charge on any atom is -0.496 e. The molecule has 564 valence electrons. The van der Waals surface area contributed by atoms with E-state index in [2.05, 4.69) is 417 Å². The lowest BCUT2D eigenvalue weighted by atomic mass is 9.72. The van der Waals surface area contributed by atoms with E-state index in [1.807, 2.05) is 0 Å². The normalized spacial score (nSPS) is 12.4. The van der Waals surface area contributed by atoms with Crippen molar-refractivity contribution in [3.8, 4) is 5.75 Å². The number of ether oxygens (including phenoxy) is 1. The average molecular weight is 1420 g/mol. The van der Waals surface area contributed by atoms with Crippen molar-refractivity contribution in [3.05, 3.63) is 277 Å². The van der Waals surface area contributed by atoms with E-state index in [0.29, 0.717) is 5.92 Å². The first kappa shape index (κ1) is 85.3. The Morgan fingerprint density at radius 1 is 0.255 bits per heavy atom. The molecule has 0 aliphatic rings. The minimum atomic E-state index is 0.140. The summed E-state index contributed by atoms with van der Waals surface area (Å²) in [7, 11) is 1.74. The van der Waals surface area contributed by atoms with Gasteiger partial charge in [0, 0.05) is 5.39 Å². The summed E-state index contributed by atoms with van der Waals surface area (Å²) in [4.78, 5) is 0. The topological polar surface area (TPSA) is 9.23 Å². The van der Waals surface area contributed by atoms with Crippen molar-refractivity contribution in [2.24, 2.45) is 0 Å². The highest BCUT2D eigenvalue weighted by Crippen LogP contribution is 2.44. The van der Waals surface area contributed by atoms with E-state index in [1.165, 1.54) is 166 Å². The molecule has 0 saturated carbocycles. The fourth-order valence-corrected chi connectivity index (χ4v) is 16.3. The summed E-state index contributed by atoms with van der Waals surface area (Å²) in [6, 6.07) is 68.6. The molecule has 0 aliphatic carbocycles. The number of benzene rings is 12. The van der Waals surface area contributed by atoms with Gasteiger partial charge in [0.15, 0.2) is 0 Å². The largest absolute Gasteiger partial charge is 0.496 e. The zero-order valence-electron chi connectivity index (χ0n) is 72.8.